The molecular formula is C15H20ClN3. The van der Waals surface area contributed by atoms with Crippen LogP contribution in [0.1, 0.15) is 43.6 Å². The molecule has 1 aliphatic carbocycles. The average molecular weight is 278 g/mol. The molecule has 4 heteroatoms. The van der Waals surface area contributed by atoms with Crippen LogP contribution in [0.4, 0.5) is 0 Å². The Kier molecular flexibility index (Phi) is 3.48. The topological polar surface area (TPSA) is 30.7 Å². The molecule has 1 aliphatic rings. The van der Waals surface area contributed by atoms with E-state index < -0.39 is 0 Å². The smallest absolute Gasteiger partial charge is 0.160 e. The minimum absolute atomic E-state index is 0.478. The number of imidazole rings is 1. The van der Waals surface area contributed by atoms with Crippen molar-refractivity contribution in [1.82, 2.24) is 14.5 Å². The van der Waals surface area contributed by atoms with Gasteiger partial charge in [0.2, 0.25) is 0 Å². The number of rotatable bonds is 4. The van der Waals surface area contributed by atoms with E-state index in [-0.39, 0.29) is 0 Å². The molecule has 0 radical (unpaired) electrons. The maximum Gasteiger partial charge on any atom is 0.160 e. The van der Waals surface area contributed by atoms with Gasteiger partial charge < -0.3 is 4.57 Å². The first-order valence-electron chi connectivity index (χ1n) is 7.10. The van der Waals surface area contributed by atoms with Crippen molar-refractivity contribution in [3.8, 4) is 0 Å². The molecule has 0 aliphatic heterocycles. The Hall–Kier alpha value is -1.09. The Morgan fingerprint density at radius 2 is 2.26 bits per heavy atom. The minimum atomic E-state index is 0.478. The van der Waals surface area contributed by atoms with Gasteiger partial charge in [-0.25, -0.2) is 9.97 Å². The second-order valence-electron chi connectivity index (χ2n) is 5.57. The summed E-state index contributed by atoms with van der Waals surface area (Å²) in [6, 6.07) is 2.50. The van der Waals surface area contributed by atoms with Crippen molar-refractivity contribution >= 4 is 22.8 Å². The van der Waals surface area contributed by atoms with E-state index in [1.54, 1.807) is 0 Å². The summed E-state index contributed by atoms with van der Waals surface area (Å²) in [5.41, 5.74) is 3.26. The van der Waals surface area contributed by atoms with Crippen LogP contribution in [-0.2, 0) is 6.42 Å². The first kappa shape index (κ1) is 12.9. The number of aromatic nitrogens is 3. The van der Waals surface area contributed by atoms with E-state index >= 15 is 0 Å². The lowest BCUT2D eigenvalue weighted by molar-refractivity contribution is 0.222. The SMILES string of the molecule is Cc1ccnc2c1nc(CCCl)n2C(C)C1CCC1. The molecule has 2 aromatic heterocycles. The number of alkyl halides is 1. The highest BCUT2D eigenvalue weighted by molar-refractivity contribution is 6.17. The zero-order chi connectivity index (χ0) is 13.4. The number of fused-ring (bicyclic) bond motifs is 1. The molecule has 2 aromatic rings. The molecule has 3 nitrogen and oxygen atoms in total. The zero-order valence-electron chi connectivity index (χ0n) is 11.6. The minimum Gasteiger partial charge on any atom is -0.310 e. The fourth-order valence-electron chi connectivity index (χ4n) is 2.98. The third-order valence-electron chi connectivity index (χ3n) is 4.41. The summed E-state index contributed by atoms with van der Waals surface area (Å²) in [5.74, 6) is 2.47. The van der Waals surface area contributed by atoms with Crippen molar-refractivity contribution in [1.29, 1.82) is 0 Å². The van der Waals surface area contributed by atoms with Crippen molar-refractivity contribution in [2.45, 2.75) is 45.6 Å². The maximum absolute atomic E-state index is 5.93. The lowest BCUT2D eigenvalue weighted by Gasteiger charge is -2.33. The molecular weight excluding hydrogens is 258 g/mol. The summed E-state index contributed by atoms with van der Waals surface area (Å²) in [6.07, 6.45) is 6.71. The highest BCUT2D eigenvalue weighted by Crippen LogP contribution is 2.38. The second kappa shape index (κ2) is 5.12. The molecule has 0 aromatic carbocycles. The molecule has 0 bridgehead atoms. The van der Waals surface area contributed by atoms with Crippen LogP contribution in [-0.4, -0.2) is 20.4 Å². The van der Waals surface area contributed by atoms with Crippen LogP contribution < -0.4 is 0 Å². The third-order valence-corrected chi connectivity index (χ3v) is 4.60. The molecule has 3 rings (SSSR count). The van der Waals surface area contributed by atoms with Crippen LogP contribution in [0, 0.1) is 12.8 Å². The average Bonchev–Trinajstić information content (AvgIpc) is 2.67. The predicted octanol–water partition coefficient (Wildman–Crippen LogP) is 3.88. The summed E-state index contributed by atoms with van der Waals surface area (Å²) in [4.78, 5) is 9.34. The molecule has 0 N–H and O–H groups in total. The number of aryl methyl sites for hydroxylation is 2. The van der Waals surface area contributed by atoms with Gasteiger partial charge in [0.15, 0.2) is 5.65 Å². The quantitative estimate of drug-likeness (QED) is 0.794. The van der Waals surface area contributed by atoms with Gasteiger partial charge in [-0.05, 0) is 44.2 Å². The Balaban J connectivity index is 2.13. The summed E-state index contributed by atoms with van der Waals surface area (Å²) in [6.45, 7) is 4.40. The van der Waals surface area contributed by atoms with E-state index in [0.717, 1.165) is 29.3 Å². The standard InChI is InChI=1S/C15H20ClN3/c1-10-7-9-17-15-14(10)18-13(6-8-16)19(15)11(2)12-4-3-5-12/h7,9,11-12H,3-6,8H2,1-2H3. The predicted molar refractivity (Wildman–Crippen MR) is 78.7 cm³/mol. The Morgan fingerprint density at radius 3 is 2.89 bits per heavy atom. The zero-order valence-corrected chi connectivity index (χ0v) is 12.3. The molecule has 0 spiro atoms. The van der Waals surface area contributed by atoms with Gasteiger partial charge in [0.05, 0.1) is 0 Å². The highest BCUT2D eigenvalue weighted by Gasteiger charge is 2.28. The third kappa shape index (κ3) is 2.14. The van der Waals surface area contributed by atoms with Crippen LogP contribution in [0.25, 0.3) is 11.2 Å². The van der Waals surface area contributed by atoms with E-state index in [1.807, 2.05) is 12.3 Å². The van der Waals surface area contributed by atoms with Crippen LogP contribution in [0.2, 0.25) is 0 Å². The fraction of sp³-hybridized carbons (Fsp3) is 0.600. The lowest BCUT2D eigenvalue weighted by Crippen LogP contribution is -2.24. The van der Waals surface area contributed by atoms with Crippen molar-refractivity contribution in [3.63, 3.8) is 0 Å². The first-order chi connectivity index (χ1) is 9.22. The van der Waals surface area contributed by atoms with Gasteiger partial charge in [0.1, 0.15) is 11.3 Å². The van der Waals surface area contributed by atoms with Crippen molar-refractivity contribution in [2.24, 2.45) is 5.92 Å². The Bertz CT molecular complexity index is 586. The molecule has 1 fully saturated rings. The molecule has 19 heavy (non-hydrogen) atoms. The lowest BCUT2D eigenvalue weighted by atomic mass is 9.80. The van der Waals surface area contributed by atoms with Gasteiger partial charge in [0, 0.05) is 24.5 Å². The van der Waals surface area contributed by atoms with Gasteiger partial charge in [-0.2, -0.15) is 0 Å². The maximum atomic E-state index is 5.93. The van der Waals surface area contributed by atoms with Gasteiger partial charge in [0.25, 0.3) is 0 Å². The Labute approximate surface area is 119 Å². The van der Waals surface area contributed by atoms with Crippen molar-refractivity contribution < 1.29 is 0 Å². The van der Waals surface area contributed by atoms with Gasteiger partial charge in [-0.1, -0.05) is 6.42 Å². The molecule has 102 valence electrons. The fourth-order valence-corrected chi connectivity index (χ4v) is 3.15. The largest absolute Gasteiger partial charge is 0.310 e. The van der Waals surface area contributed by atoms with Gasteiger partial charge >= 0.3 is 0 Å². The van der Waals surface area contributed by atoms with E-state index in [2.05, 4.69) is 23.4 Å². The van der Waals surface area contributed by atoms with E-state index in [9.17, 15) is 0 Å². The van der Waals surface area contributed by atoms with Crippen LogP contribution in [0.3, 0.4) is 0 Å². The normalized spacial score (nSPS) is 17.6. The van der Waals surface area contributed by atoms with E-state index in [1.165, 1.54) is 24.8 Å². The monoisotopic (exact) mass is 277 g/mol. The van der Waals surface area contributed by atoms with Gasteiger partial charge in [-0.15, -0.1) is 11.6 Å². The number of hydrogen-bond acceptors (Lipinski definition) is 2. The summed E-state index contributed by atoms with van der Waals surface area (Å²) in [5, 5.41) is 0. The number of halogens is 1. The number of nitrogens with zero attached hydrogens (tertiary/aromatic N) is 3. The van der Waals surface area contributed by atoms with E-state index in [4.69, 9.17) is 16.6 Å². The van der Waals surface area contributed by atoms with Crippen molar-refractivity contribution in [2.75, 3.05) is 5.88 Å². The van der Waals surface area contributed by atoms with Crippen LogP contribution in [0.5, 0.6) is 0 Å². The van der Waals surface area contributed by atoms with Crippen LogP contribution >= 0.6 is 11.6 Å². The molecule has 2 heterocycles. The number of hydrogen-bond donors (Lipinski definition) is 0. The summed E-state index contributed by atoms with van der Waals surface area (Å²) < 4.78 is 2.33. The van der Waals surface area contributed by atoms with Gasteiger partial charge in [-0.3, -0.25) is 0 Å². The molecule has 0 amide bonds. The molecule has 1 unspecified atom stereocenters. The summed E-state index contributed by atoms with van der Waals surface area (Å²) in [7, 11) is 0. The van der Waals surface area contributed by atoms with E-state index in [0.29, 0.717) is 11.9 Å². The second-order valence-corrected chi connectivity index (χ2v) is 5.95. The van der Waals surface area contributed by atoms with Crippen LogP contribution in [0.15, 0.2) is 12.3 Å². The van der Waals surface area contributed by atoms with Crippen molar-refractivity contribution in [3.05, 3.63) is 23.7 Å². The summed E-state index contributed by atoms with van der Waals surface area (Å²) >= 11 is 5.93. The Morgan fingerprint density at radius 1 is 1.47 bits per heavy atom. The number of pyridine rings is 1. The molecule has 1 atom stereocenters. The molecule has 1 saturated carbocycles. The highest BCUT2D eigenvalue weighted by atomic mass is 35.5. The first-order valence-corrected chi connectivity index (χ1v) is 7.64. The molecule has 0 saturated heterocycles.